The summed E-state index contributed by atoms with van der Waals surface area (Å²) in [5, 5.41) is 11.4. The minimum absolute atomic E-state index is 0.570. The molecule has 2 N–H and O–H groups in total. The molecule has 0 saturated carbocycles. The number of aryl methyl sites for hydroxylation is 1. The Morgan fingerprint density at radius 3 is 2.86 bits per heavy atom. The lowest BCUT2D eigenvalue weighted by Crippen LogP contribution is -2.25. The number of pyridine rings is 1. The van der Waals surface area contributed by atoms with Crippen LogP contribution in [0.3, 0.4) is 0 Å². The highest BCUT2D eigenvalue weighted by Crippen LogP contribution is 2.17. The maximum absolute atomic E-state index is 10.6. The lowest BCUT2D eigenvalue weighted by atomic mass is 10.3. The van der Waals surface area contributed by atoms with E-state index in [-0.39, 0.29) is 0 Å². The van der Waals surface area contributed by atoms with E-state index in [0.717, 1.165) is 10.0 Å². The second-order valence-electron chi connectivity index (χ2n) is 3.02. The monoisotopic (exact) mass is 258 g/mol. The van der Waals surface area contributed by atoms with Gasteiger partial charge in [-0.3, -0.25) is 4.79 Å². The van der Waals surface area contributed by atoms with Gasteiger partial charge in [-0.2, -0.15) is 0 Å². The van der Waals surface area contributed by atoms with Gasteiger partial charge in [-0.05, 0) is 41.4 Å². The number of carbonyl (C=O) groups is 1. The first-order valence-electron chi connectivity index (χ1n) is 4.12. The molecule has 0 spiro atoms. The van der Waals surface area contributed by atoms with Gasteiger partial charge in [0.2, 0.25) is 0 Å². The molecule has 0 fully saturated rings. The molecule has 14 heavy (non-hydrogen) atoms. The van der Waals surface area contributed by atoms with Gasteiger partial charge in [0.1, 0.15) is 11.9 Å². The third-order valence-corrected chi connectivity index (χ3v) is 2.61. The third kappa shape index (κ3) is 2.70. The van der Waals surface area contributed by atoms with Crippen molar-refractivity contribution in [1.29, 1.82) is 0 Å². The number of carboxylic acids is 1. The molecule has 76 valence electrons. The molecule has 0 radical (unpaired) electrons. The third-order valence-electron chi connectivity index (χ3n) is 1.78. The Bertz CT molecular complexity index is 355. The van der Waals surface area contributed by atoms with E-state index in [0.29, 0.717) is 5.82 Å². The molecular formula is C9H11BrN2O2. The number of halogens is 1. The highest BCUT2D eigenvalue weighted by Gasteiger charge is 2.10. The lowest BCUT2D eigenvalue weighted by molar-refractivity contribution is -0.137. The van der Waals surface area contributed by atoms with Crippen molar-refractivity contribution in [3.05, 3.63) is 22.3 Å². The number of nitrogens with one attached hydrogen (secondary N) is 1. The minimum atomic E-state index is -0.896. The van der Waals surface area contributed by atoms with Crippen molar-refractivity contribution in [1.82, 2.24) is 4.98 Å². The lowest BCUT2D eigenvalue weighted by Gasteiger charge is -2.10. The fraction of sp³-hybridized carbons (Fsp3) is 0.333. The average Bonchev–Trinajstić information content (AvgIpc) is 2.11. The summed E-state index contributed by atoms with van der Waals surface area (Å²) in [7, 11) is 0. The Morgan fingerprint density at radius 2 is 2.36 bits per heavy atom. The van der Waals surface area contributed by atoms with E-state index in [1.165, 1.54) is 0 Å². The van der Waals surface area contributed by atoms with E-state index in [9.17, 15) is 4.79 Å². The molecule has 1 heterocycles. The maximum atomic E-state index is 10.6. The first kappa shape index (κ1) is 11.0. The van der Waals surface area contributed by atoms with Gasteiger partial charge >= 0.3 is 5.97 Å². The number of carboxylic acid groups (broad SMARTS) is 1. The predicted octanol–water partition coefficient (Wildman–Crippen LogP) is 2.04. The number of anilines is 1. The summed E-state index contributed by atoms with van der Waals surface area (Å²) in [6.07, 6.45) is 1.65. The summed E-state index contributed by atoms with van der Waals surface area (Å²) in [6.45, 7) is 3.49. The molecule has 0 amide bonds. The Morgan fingerprint density at radius 1 is 1.71 bits per heavy atom. The largest absolute Gasteiger partial charge is 0.480 e. The second-order valence-corrected chi connectivity index (χ2v) is 3.88. The smallest absolute Gasteiger partial charge is 0.325 e. The summed E-state index contributed by atoms with van der Waals surface area (Å²) < 4.78 is 0.908. The van der Waals surface area contributed by atoms with Crippen LogP contribution < -0.4 is 5.32 Å². The first-order valence-corrected chi connectivity index (χ1v) is 4.91. The zero-order valence-corrected chi connectivity index (χ0v) is 9.50. The van der Waals surface area contributed by atoms with Gasteiger partial charge in [-0.15, -0.1) is 0 Å². The molecule has 5 heteroatoms. The predicted molar refractivity (Wildman–Crippen MR) is 57.4 cm³/mol. The zero-order chi connectivity index (χ0) is 10.7. The van der Waals surface area contributed by atoms with E-state index in [1.807, 2.05) is 6.92 Å². The second kappa shape index (κ2) is 4.41. The van der Waals surface area contributed by atoms with E-state index in [4.69, 9.17) is 5.11 Å². The van der Waals surface area contributed by atoms with Gasteiger partial charge < -0.3 is 10.4 Å². The van der Waals surface area contributed by atoms with Crippen molar-refractivity contribution in [3.8, 4) is 0 Å². The first-order chi connectivity index (χ1) is 6.50. The highest BCUT2D eigenvalue weighted by molar-refractivity contribution is 9.10. The molecule has 0 unspecified atom stereocenters. The molecule has 1 aromatic rings. The van der Waals surface area contributed by atoms with Crippen LogP contribution in [-0.2, 0) is 4.79 Å². The van der Waals surface area contributed by atoms with Gasteiger partial charge in [0.25, 0.3) is 0 Å². The Kier molecular flexibility index (Phi) is 3.46. The number of hydrogen-bond donors (Lipinski definition) is 2. The van der Waals surface area contributed by atoms with E-state index >= 15 is 0 Å². The normalized spacial score (nSPS) is 12.2. The topological polar surface area (TPSA) is 62.2 Å². The van der Waals surface area contributed by atoms with Crippen LogP contribution in [-0.4, -0.2) is 22.1 Å². The molecule has 0 bridgehead atoms. The SMILES string of the molecule is Cc1cc(N[C@H](C)C(=O)O)ncc1Br. The van der Waals surface area contributed by atoms with Gasteiger partial charge in [0.05, 0.1) is 0 Å². The van der Waals surface area contributed by atoms with Gasteiger partial charge in [0.15, 0.2) is 0 Å². The van der Waals surface area contributed by atoms with E-state index in [2.05, 4.69) is 26.2 Å². The molecular weight excluding hydrogens is 248 g/mol. The number of aliphatic carboxylic acids is 1. The van der Waals surface area contributed by atoms with Crippen molar-refractivity contribution in [2.75, 3.05) is 5.32 Å². The van der Waals surface area contributed by atoms with Crippen molar-refractivity contribution >= 4 is 27.7 Å². The van der Waals surface area contributed by atoms with Crippen LogP contribution in [0.4, 0.5) is 5.82 Å². The maximum Gasteiger partial charge on any atom is 0.325 e. The fourth-order valence-corrected chi connectivity index (χ4v) is 1.12. The Hall–Kier alpha value is -1.10. The van der Waals surface area contributed by atoms with Crippen molar-refractivity contribution in [2.24, 2.45) is 0 Å². The zero-order valence-electron chi connectivity index (χ0n) is 7.91. The Balaban J connectivity index is 2.78. The molecule has 0 aliphatic heterocycles. The molecule has 0 aliphatic rings. The van der Waals surface area contributed by atoms with Crippen LogP contribution in [0.5, 0.6) is 0 Å². The molecule has 0 aliphatic carbocycles. The summed E-state index contributed by atoms with van der Waals surface area (Å²) in [4.78, 5) is 14.6. The average molecular weight is 259 g/mol. The number of nitrogens with zero attached hydrogens (tertiary/aromatic N) is 1. The van der Waals surface area contributed by atoms with Crippen molar-refractivity contribution in [2.45, 2.75) is 19.9 Å². The Labute approximate surface area is 90.5 Å². The number of rotatable bonds is 3. The summed E-state index contributed by atoms with van der Waals surface area (Å²) in [5.41, 5.74) is 1.01. The number of hydrogen-bond acceptors (Lipinski definition) is 3. The fourth-order valence-electron chi connectivity index (χ4n) is 0.902. The van der Waals surface area contributed by atoms with Gasteiger partial charge in [-0.1, -0.05) is 0 Å². The van der Waals surface area contributed by atoms with E-state index in [1.54, 1.807) is 19.2 Å². The molecule has 4 nitrogen and oxygen atoms in total. The van der Waals surface area contributed by atoms with Crippen LogP contribution in [0.15, 0.2) is 16.7 Å². The van der Waals surface area contributed by atoms with Crippen LogP contribution in [0.25, 0.3) is 0 Å². The standard InChI is InChI=1S/C9H11BrN2O2/c1-5-3-8(11-4-7(5)10)12-6(2)9(13)14/h3-4,6H,1-2H3,(H,11,12)(H,13,14)/t6-/m1/s1. The van der Waals surface area contributed by atoms with Crippen LogP contribution in [0.1, 0.15) is 12.5 Å². The molecule has 1 atom stereocenters. The van der Waals surface area contributed by atoms with E-state index < -0.39 is 12.0 Å². The van der Waals surface area contributed by atoms with Gasteiger partial charge in [-0.25, -0.2) is 4.98 Å². The quantitative estimate of drug-likeness (QED) is 0.871. The van der Waals surface area contributed by atoms with Crippen molar-refractivity contribution in [3.63, 3.8) is 0 Å². The summed E-state index contributed by atoms with van der Waals surface area (Å²) in [6, 6.07) is 1.16. The molecule has 0 saturated heterocycles. The molecule has 1 rings (SSSR count). The van der Waals surface area contributed by atoms with Crippen LogP contribution >= 0.6 is 15.9 Å². The summed E-state index contributed by atoms with van der Waals surface area (Å²) in [5.74, 6) is -0.326. The molecule has 0 aromatic carbocycles. The van der Waals surface area contributed by atoms with Crippen molar-refractivity contribution < 1.29 is 9.90 Å². The molecule has 1 aromatic heterocycles. The van der Waals surface area contributed by atoms with Crippen LogP contribution in [0, 0.1) is 6.92 Å². The minimum Gasteiger partial charge on any atom is -0.480 e. The summed E-state index contributed by atoms with van der Waals surface area (Å²) >= 11 is 3.32. The van der Waals surface area contributed by atoms with Crippen LogP contribution in [0.2, 0.25) is 0 Å². The van der Waals surface area contributed by atoms with Gasteiger partial charge in [0, 0.05) is 10.7 Å². The highest BCUT2D eigenvalue weighted by atomic mass is 79.9. The number of aromatic nitrogens is 1.